The summed E-state index contributed by atoms with van der Waals surface area (Å²) < 4.78 is 6.62. The number of nitrogens with two attached hydrogens (primary N) is 1. The maximum Gasteiger partial charge on any atom is 0.183 e. The van der Waals surface area contributed by atoms with Crippen LogP contribution in [-0.2, 0) is 4.74 Å². The van der Waals surface area contributed by atoms with E-state index in [1.165, 1.54) is 0 Å². The molecular formula is C13H19N3OS. The Kier molecular flexibility index (Phi) is 4.38. The number of nitrogen functional groups attached to an aromatic ring is 1. The van der Waals surface area contributed by atoms with Gasteiger partial charge in [0.1, 0.15) is 0 Å². The Labute approximate surface area is 111 Å². The van der Waals surface area contributed by atoms with Gasteiger partial charge in [-0.05, 0) is 24.1 Å². The van der Waals surface area contributed by atoms with E-state index in [9.17, 15) is 0 Å². The van der Waals surface area contributed by atoms with E-state index in [1.54, 1.807) is 11.3 Å². The number of rotatable bonds is 6. The standard InChI is InChI=1S/C13H19N3OS/c1-9(2)8-17-6-5-15-13-16-11-4-3-10(14)7-12(11)18-13/h3-4,7,9H,5-6,8,14H2,1-2H3,(H,15,16). The van der Waals surface area contributed by atoms with E-state index in [0.29, 0.717) is 12.5 Å². The third-order valence-corrected chi connectivity index (χ3v) is 3.36. The topological polar surface area (TPSA) is 60.2 Å². The summed E-state index contributed by atoms with van der Waals surface area (Å²) in [6.07, 6.45) is 0. The maximum absolute atomic E-state index is 5.74. The number of thiazole rings is 1. The molecule has 0 saturated heterocycles. The van der Waals surface area contributed by atoms with Crippen molar-refractivity contribution < 1.29 is 4.74 Å². The largest absolute Gasteiger partial charge is 0.399 e. The average Bonchev–Trinajstić information content (AvgIpc) is 2.70. The molecule has 0 unspecified atom stereocenters. The van der Waals surface area contributed by atoms with E-state index < -0.39 is 0 Å². The molecule has 0 atom stereocenters. The van der Waals surface area contributed by atoms with Crippen LogP contribution in [0.25, 0.3) is 10.2 Å². The van der Waals surface area contributed by atoms with Crippen LogP contribution in [0.1, 0.15) is 13.8 Å². The van der Waals surface area contributed by atoms with Gasteiger partial charge in [-0.1, -0.05) is 25.2 Å². The van der Waals surface area contributed by atoms with E-state index in [0.717, 1.165) is 34.2 Å². The number of anilines is 2. The van der Waals surface area contributed by atoms with Crippen LogP contribution >= 0.6 is 11.3 Å². The number of hydrogen-bond donors (Lipinski definition) is 2. The number of aromatic nitrogens is 1. The van der Waals surface area contributed by atoms with E-state index in [4.69, 9.17) is 10.5 Å². The first kappa shape index (κ1) is 13.1. The van der Waals surface area contributed by atoms with Crippen molar-refractivity contribution in [3.8, 4) is 0 Å². The molecule has 0 aliphatic heterocycles. The normalized spacial score (nSPS) is 11.3. The minimum Gasteiger partial charge on any atom is -0.399 e. The van der Waals surface area contributed by atoms with Crippen LogP contribution in [0.5, 0.6) is 0 Å². The van der Waals surface area contributed by atoms with Crippen LogP contribution in [0, 0.1) is 5.92 Å². The Morgan fingerprint density at radius 2 is 2.28 bits per heavy atom. The lowest BCUT2D eigenvalue weighted by Gasteiger charge is -2.06. The van der Waals surface area contributed by atoms with Crippen LogP contribution in [0.4, 0.5) is 10.8 Å². The van der Waals surface area contributed by atoms with E-state index in [-0.39, 0.29) is 0 Å². The fourth-order valence-electron chi connectivity index (χ4n) is 1.57. The highest BCUT2D eigenvalue weighted by Crippen LogP contribution is 2.27. The molecule has 2 aromatic rings. The molecule has 1 aromatic heterocycles. The second-order valence-electron chi connectivity index (χ2n) is 4.64. The molecule has 0 fully saturated rings. The van der Waals surface area contributed by atoms with Crippen molar-refractivity contribution in [2.75, 3.05) is 30.8 Å². The van der Waals surface area contributed by atoms with Crippen molar-refractivity contribution in [3.05, 3.63) is 18.2 Å². The lowest BCUT2D eigenvalue weighted by Crippen LogP contribution is -2.11. The quantitative estimate of drug-likeness (QED) is 0.622. The fourth-order valence-corrected chi connectivity index (χ4v) is 2.51. The maximum atomic E-state index is 5.74. The van der Waals surface area contributed by atoms with Crippen LogP contribution in [0.15, 0.2) is 18.2 Å². The predicted octanol–water partition coefficient (Wildman–Crippen LogP) is 2.96. The number of ether oxygens (including phenoxy) is 1. The summed E-state index contributed by atoms with van der Waals surface area (Å²) in [5.41, 5.74) is 7.50. The highest BCUT2D eigenvalue weighted by Gasteiger charge is 2.03. The molecule has 3 N–H and O–H groups in total. The number of nitrogens with one attached hydrogen (secondary N) is 1. The summed E-state index contributed by atoms with van der Waals surface area (Å²) in [4.78, 5) is 4.48. The predicted molar refractivity (Wildman–Crippen MR) is 78.2 cm³/mol. The summed E-state index contributed by atoms with van der Waals surface area (Å²) in [7, 11) is 0. The molecule has 2 rings (SSSR count). The zero-order chi connectivity index (χ0) is 13.0. The van der Waals surface area contributed by atoms with Crippen molar-refractivity contribution in [3.63, 3.8) is 0 Å². The summed E-state index contributed by atoms with van der Waals surface area (Å²) in [5.74, 6) is 0.579. The van der Waals surface area contributed by atoms with Gasteiger partial charge in [0.15, 0.2) is 5.13 Å². The lowest BCUT2D eigenvalue weighted by atomic mass is 10.2. The number of hydrogen-bond acceptors (Lipinski definition) is 5. The highest BCUT2D eigenvalue weighted by atomic mass is 32.1. The summed E-state index contributed by atoms with van der Waals surface area (Å²) in [5, 5.41) is 4.19. The first-order chi connectivity index (χ1) is 8.65. The van der Waals surface area contributed by atoms with Crippen LogP contribution in [0.3, 0.4) is 0 Å². The van der Waals surface area contributed by atoms with Gasteiger partial charge in [0.05, 0.1) is 16.8 Å². The molecule has 1 heterocycles. The van der Waals surface area contributed by atoms with Gasteiger partial charge in [0.2, 0.25) is 0 Å². The first-order valence-corrected chi connectivity index (χ1v) is 6.94. The van der Waals surface area contributed by atoms with Gasteiger partial charge in [-0.3, -0.25) is 0 Å². The molecule has 0 aliphatic carbocycles. The first-order valence-electron chi connectivity index (χ1n) is 6.13. The van der Waals surface area contributed by atoms with Crippen molar-refractivity contribution in [2.24, 2.45) is 5.92 Å². The van der Waals surface area contributed by atoms with Gasteiger partial charge in [-0.25, -0.2) is 4.98 Å². The van der Waals surface area contributed by atoms with E-state index >= 15 is 0 Å². The highest BCUT2D eigenvalue weighted by molar-refractivity contribution is 7.22. The van der Waals surface area contributed by atoms with Gasteiger partial charge in [-0.2, -0.15) is 0 Å². The minimum absolute atomic E-state index is 0.579. The molecule has 4 nitrogen and oxygen atoms in total. The second-order valence-corrected chi connectivity index (χ2v) is 5.67. The Morgan fingerprint density at radius 3 is 3.06 bits per heavy atom. The van der Waals surface area contributed by atoms with Crippen LogP contribution in [-0.4, -0.2) is 24.7 Å². The van der Waals surface area contributed by atoms with Gasteiger partial charge in [-0.15, -0.1) is 0 Å². The third kappa shape index (κ3) is 3.58. The second kappa shape index (κ2) is 6.02. The van der Waals surface area contributed by atoms with E-state index in [2.05, 4.69) is 24.1 Å². The van der Waals surface area contributed by atoms with Gasteiger partial charge >= 0.3 is 0 Å². The van der Waals surface area contributed by atoms with Gasteiger partial charge < -0.3 is 15.8 Å². The smallest absolute Gasteiger partial charge is 0.183 e. The zero-order valence-electron chi connectivity index (χ0n) is 10.8. The Balaban J connectivity index is 1.84. The molecule has 0 bridgehead atoms. The third-order valence-electron chi connectivity index (χ3n) is 2.39. The Hall–Kier alpha value is -1.33. The summed E-state index contributed by atoms with van der Waals surface area (Å²) in [6.45, 7) is 6.58. The number of fused-ring (bicyclic) bond motifs is 1. The van der Waals surface area contributed by atoms with Crippen LogP contribution < -0.4 is 11.1 Å². The molecule has 98 valence electrons. The van der Waals surface area contributed by atoms with Crippen molar-refractivity contribution in [2.45, 2.75) is 13.8 Å². The summed E-state index contributed by atoms with van der Waals surface area (Å²) in [6, 6.07) is 5.77. The van der Waals surface area contributed by atoms with Crippen molar-refractivity contribution >= 4 is 32.4 Å². The monoisotopic (exact) mass is 265 g/mol. The molecular weight excluding hydrogens is 246 g/mol. The summed E-state index contributed by atoms with van der Waals surface area (Å²) >= 11 is 1.62. The molecule has 1 aromatic carbocycles. The van der Waals surface area contributed by atoms with Gasteiger partial charge in [0.25, 0.3) is 0 Å². The SMILES string of the molecule is CC(C)COCCNc1nc2ccc(N)cc2s1. The van der Waals surface area contributed by atoms with Crippen molar-refractivity contribution in [1.29, 1.82) is 0 Å². The Morgan fingerprint density at radius 1 is 1.44 bits per heavy atom. The lowest BCUT2D eigenvalue weighted by molar-refractivity contribution is 0.118. The molecule has 0 spiro atoms. The minimum atomic E-state index is 0.579. The number of nitrogens with zero attached hydrogens (tertiary/aromatic N) is 1. The molecule has 0 radical (unpaired) electrons. The molecule has 0 aliphatic rings. The average molecular weight is 265 g/mol. The fraction of sp³-hybridized carbons (Fsp3) is 0.462. The van der Waals surface area contributed by atoms with Gasteiger partial charge in [0, 0.05) is 18.8 Å². The molecule has 5 heteroatoms. The zero-order valence-corrected chi connectivity index (χ0v) is 11.6. The molecule has 18 heavy (non-hydrogen) atoms. The molecule has 0 saturated carbocycles. The van der Waals surface area contributed by atoms with Crippen molar-refractivity contribution in [1.82, 2.24) is 4.98 Å². The van der Waals surface area contributed by atoms with E-state index in [1.807, 2.05) is 18.2 Å². The number of benzene rings is 1. The van der Waals surface area contributed by atoms with Crippen LogP contribution in [0.2, 0.25) is 0 Å². The Bertz CT molecular complexity index is 510. The molecule has 0 amide bonds.